The molecule has 1 aliphatic heterocycles. The Hall–Kier alpha value is -4.06. The van der Waals surface area contributed by atoms with E-state index in [0.29, 0.717) is 36.0 Å². The number of aliphatic hydroxyl groups is 1. The van der Waals surface area contributed by atoms with E-state index in [1.165, 1.54) is 4.90 Å². The fraction of sp³-hybridized carbons (Fsp3) is 0.290. The van der Waals surface area contributed by atoms with Gasteiger partial charge in [-0.05, 0) is 54.7 Å². The van der Waals surface area contributed by atoms with Crippen LogP contribution in [0, 0.1) is 0 Å². The van der Waals surface area contributed by atoms with E-state index in [2.05, 4.69) is 20.8 Å². The zero-order valence-corrected chi connectivity index (χ0v) is 21.9. The molecule has 37 heavy (non-hydrogen) atoms. The smallest absolute Gasteiger partial charge is 0.300 e. The number of hydrogen-bond acceptors (Lipinski definition) is 5. The van der Waals surface area contributed by atoms with Gasteiger partial charge in [0.25, 0.3) is 11.7 Å². The number of Topliss-reactive ketones (excluding diaryl/α,β-unsaturated/α-hetero) is 1. The molecule has 6 nitrogen and oxygen atoms in total. The predicted molar refractivity (Wildman–Crippen MR) is 145 cm³/mol. The number of para-hydroxylation sites is 1. The lowest BCUT2D eigenvalue weighted by molar-refractivity contribution is -0.132. The molecule has 1 unspecified atom stereocenters. The second-order valence-corrected chi connectivity index (χ2v) is 9.90. The fourth-order valence-corrected chi connectivity index (χ4v) is 4.54. The lowest BCUT2D eigenvalue weighted by atomic mass is 9.85. The molecule has 0 saturated carbocycles. The highest BCUT2D eigenvalue weighted by atomic mass is 16.5. The first-order chi connectivity index (χ1) is 17.7. The van der Waals surface area contributed by atoms with Crippen molar-refractivity contribution in [2.24, 2.45) is 0 Å². The minimum absolute atomic E-state index is 0.0162. The van der Waals surface area contributed by atoms with Gasteiger partial charge in [0.05, 0.1) is 30.4 Å². The van der Waals surface area contributed by atoms with E-state index in [-0.39, 0.29) is 16.7 Å². The van der Waals surface area contributed by atoms with Crippen molar-refractivity contribution in [2.45, 2.75) is 46.1 Å². The van der Waals surface area contributed by atoms with Crippen molar-refractivity contribution in [1.82, 2.24) is 0 Å². The fourth-order valence-electron chi connectivity index (χ4n) is 4.54. The number of benzene rings is 3. The summed E-state index contributed by atoms with van der Waals surface area (Å²) in [5.74, 6) is -0.766. The van der Waals surface area contributed by atoms with Crippen molar-refractivity contribution >= 4 is 23.1 Å². The molecule has 192 valence electrons. The molecule has 0 radical (unpaired) electrons. The molecule has 3 aromatic rings. The van der Waals surface area contributed by atoms with Crippen LogP contribution in [0.25, 0.3) is 5.76 Å². The molecule has 0 spiro atoms. The molecule has 1 saturated heterocycles. The average molecular weight is 500 g/mol. The van der Waals surface area contributed by atoms with E-state index in [0.717, 1.165) is 11.1 Å². The van der Waals surface area contributed by atoms with Crippen LogP contribution in [0.3, 0.4) is 0 Å². The maximum absolute atomic E-state index is 13.5. The van der Waals surface area contributed by atoms with Crippen molar-refractivity contribution in [3.63, 3.8) is 0 Å². The lowest BCUT2D eigenvalue weighted by Crippen LogP contribution is -2.29. The molecule has 1 aliphatic rings. The summed E-state index contributed by atoms with van der Waals surface area (Å²) in [5.41, 5.74) is 2.70. The monoisotopic (exact) mass is 499 g/mol. The molecule has 1 fully saturated rings. The van der Waals surface area contributed by atoms with Crippen molar-refractivity contribution in [3.8, 4) is 11.5 Å². The highest BCUT2D eigenvalue weighted by Gasteiger charge is 2.47. The first kappa shape index (κ1) is 26.0. The van der Waals surface area contributed by atoms with Gasteiger partial charge in [0.1, 0.15) is 17.3 Å². The summed E-state index contributed by atoms with van der Waals surface area (Å²) < 4.78 is 11.4. The summed E-state index contributed by atoms with van der Waals surface area (Å²) >= 11 is 0. The van der Waals surface area contributed by atoms with Crippen molar-refractivity contribution in [2.75, 3.05) is 18.1 Å². The topological polar surface area (TPSA) is 76.1 Å². The molecule has 1 N–H and O–H groups in total. The quantitative estimate of drug-likeness (QED) is 0.231. The normalized spacial score (nSPS) is 17.2. The molecule has 3 aromatic carbocycles. The lowest BCUT2D eigenvalue weighted by Gasteiger charge is -2.26. The number of amides is 1. The van der Waals surface area contributed by atoms with Crippen molar-refractivity contribution in [1.29, 1.82) is 0 Å². The summed E-state index contributed by atoms with van der Waals surface area (Å²) in [6.45, 7) is 10.9. The van der Waals surface area contributed by atoms with Crippen LogP contribution in [0.15, 0.2) is 78.4 Å². The Morgan fingerprint density at radius 2 is 1.54 bits per heavy atom. The predicted octanol–water partition coefficient (Wildman–Crippen LogP) is 6.41. The average Bonchev–Trinajstić information content (AvgIpc) is 3.14. The number of carbonyl (C=O) groups is 2. The van der Waals surface area contributed by atoms with Crippen LogP contribution in [-0.2, 0) is 15.0 Å². The molecule has 6 heteroatoms. The Morgan fingerprint density at radius 3 is 2.14 bits per heavy atom. The minimum Gasteiger partial charge on any atom is -0.507 e. The van der Waals surface area contributed by atoms with Gasteiger partial charge in [0, 0.05) is 11.8 Å². The number of ether oxygens (including phenoxy) is 2. The SMILES string of the molecule is CCOc1ccc(/C(O)=C2/C(=O)C(=O)N(c3ccccc3)C2c2ccc(C(C)(C)C)cc2)c(OCC)c1. The van der Waals surface area contributed by atoms with E-state index in [1.807, 2.05) is 56.3 Å². The van der Waals surface area contributed by atoms with Crippen LogP contribution >= 0.6 is 0 Å². The zero-order chi connectivity index (χ0) is 26.7. The molecule has 0 aromatic heterocycles. The highest BCUT2D eigenvalue weighted by molar-refractivity contribution is 6.51. The number of rotatable bonds is 7. The first-order valence-electron chi connectivity index (χ1n) is 12.5. The molecule has 1 amide bonds. The van der Waals surface area contributed by atoms with Crippen LogP contribution in [0.1, 0.15) is 57.4 Å². The number of aliphatic hydroxyl groups excluding tert-OH is 1. The largest absolute Gasteiger partial charge is 0.507 e. The van der Waals surface area contributed by atoms with E-state index in [4.69, 9.17) is 9.47 Å². The Morgan fingerprint density at radius 1 is 0.892 bits per heavy atom. The van der Waals surface area contributed by atoms with Gasteiger partial charge in [-0.3, -0.25) is 14.5 Å². The van der Waals surface area contributed by atoms with Gasteiger partial charge in [-0.1, -0.05) is 63.2 Å². The summed E-state index contributed by atoms with van der Waals surface area (Å²) in [4.78, 5) is 28.3. The Bertz CT molecular complexity index is 1320. The molecule has 0 aliphatic carbocycles. The summed E-state index contributed by atoms with van der Waals surface area (Å²) in [6, 6.07) is 21.1. The number of carbonyl (C=O) groups excluding carboxylic acids is 2. The third-order valence-corrected chi connectivity index (χ3v) is 6.39. The molecule has 1 atom stereocenters. The van der Waals surface area contributed by atoms with E-state index in [9.17, 15) is 14.7 Å². The van der Waals surface area contributed by atoms with E-state index >= 15 is 0 Å². The number of ketones is 1. The van der Waals surface area contributed by atoms with Crippen LogP contribution in [0.4, 0.5) is 5.69 Å². The van der Waals surface area contributed by atoms with Crippen molar-refractivity contribution in [3.05, 3.63) is 95.1 Å². The standard InChI is InChI=1S/C31H33NO5/c1-6-36-23-17-18-24(25(19-23)37-7-2)28(33)26-27(20-13-15-21(16-14-20)31(3,4)5)32(30(35)29(26)34)22-11-9-8-10-12-22/h8-19,27,33H,6-7H2,1-5H3/b28-26-. The third-order valence-electron chi connectivity index (χ3n) is 6.39. The van der Waals surface area contributed by atoms with Gasteiger partial charge in [0.2, 0.25) is 0 Å². The Labute approximate surface area is 218 Å². The zero-order valence-electron chi connectivity index (χ0n) is 21.9. The van der Waals surface area contributed by atoms with Crippen molar-refractivity contribution < 1.29 is 24.2 Å². The van der Waals surface area contributed by atoms with E-state index in [1.54, 1.807) is 30.3 Å². The summed E-state index contributed by atoms with van der Waals surface area (Å²) in [7, 11) is 0. The Balaban J connectivity index is 1.93. The van der Waals surface area contributed by atoms with Gasteiger partial charge < -0.3 is 14.6 Å². The number of nitrogens with zero attached hydrogens (tertiary/aromatic N) is 1. The van der Waals surface area contributed by atoms with E-state index < -0.39 is 17.7 Å². The molecule has 0 bridgehead atoms. The third kappa shape index (κ3) is 5.10. The first-order valence-corrected chi connectivity index (χ1v) is 12.5. The van der Waals surface area contributed by atoms with Gasteiger partial charge in [0.15, 0.2) is 0 Å². The van der Waals surface area contributed by atoms with Crippen LogP contribution < -0.4 is 14.4 Å². The molecule has 1 heterocycles. The molecule has 4 rings (SSSR count). The van der Waals surface area contributed by atoms with Gasteiger partial charge >= 0.3 is 0 Å². The minimum atomic E-state index is -0.808. The maximum atomic E-state index is 13.5. The Kier molecular flexibility index (Phi) is 7.39. The van der Waals surface area contributed by atoms with Crippen LogP contribution in [0.5, 0.6) is 11.5 Å². The second-order valence-electron chi connectivity index (χ2n) is 9.90. The molecular formula is C31H33NO5. The number of hydrogen-bond donors (Lipinski definition) is 1. The second kappa shape index (κ2) is 10.5. The summed E-state index contributed by atoms with van der Waals surface area (Å²) in [6.07, 6.45) is 0. The number of anilines is 1. The van der Waals surface area contributed by atoms with Gasteiger partial charge in [-0.2, -0.15) is 0 Å². The highest BCUT2D eigenvalue weighted by Crippen LogP contribution is 2.44. The van der Waals surface area contributed by atoms with Gasteiger partial charge in [-0.25, -0.2) is 0 Å². The van der Waals surface area contributed by atoms with Crippen LogP contribution in [0.2, 0.25) is 0 Å². The maximum Gasteiger partial charge on any atom is 0.300 e. The van der Waals surface area contributed by atoms with Gasteiger partial charge in [-0.15, -0.1) is 0 Å². The summed E-state index contributed by atoms with van der Waals surface area (Å²) in [5, 5.41) is 11.6. The molecular weight excluding hydrogens is 466 g/mol. The van der Waals surface area contributed by atoms with Crippen LogP contribution in [-0.4, -0.2) is 30.0 Å².